The highest BCUT2D eigenvalue weighted by atomic mass is 16.5. The SMILES string of the molecule is CCOc1ccc(-n2c(C(C)N(CC)C(=O)c3ccc4ccccc4c3)nc3ccccc3c2=O)cc1. The summed E-state index contributed by atoms with van der Waals surface area (Å²) in [7, 11) is 0. The van der Waals surface area contributed by atoms with Crippen molar-refractivity contribution in [3.8, 4) is 11.4 Å². The van der Waals surface area contributed by atoms with E-state index in [9.17, 15) is 9.59 Å². The van der Waals surface area contributed by atoms with Crippen LogP contribution in [0.3, 0.4) is 0 Å². The predicted octanol–water partition coefficient (Wildman–Crippen LogP) is 6.16. The van der Waals surface area contributed by atoms with Crippen LogP contribution < -0.4 is 10.3 Å². The van der Waals surface area contributed by atoms with Crippen molar-refractivity contribution in [1.82, 2.24) is 14.5 Å². The molecule has 5 rings (SSSR count). The molecule has 6 nitrogen and oxygen atoms in total. The molecule has 0 aliphatic heterocycles. The number of aromatic nitrogens is 2. The number of fused-ring (bicyclic) bond motifs is 2. The Morgan fingerprint density at radius 3 is 2.35 bits per heavy atom. The molecule has 0 aliphatic carbocycles. The minimum absolute atomic E-state index is 0.110. The normalized spacial score (nSPS) is 12.0. The van der Waals surface area contributed by atoms with Gasteiger partial charge in [-0.3, -0.25) is 14.2 Å². The molecule has 5 aromatic rings. The second kappa shape index (κ2) is 10.3. The molecule has 0 spiro atoms. The zero-order valence-electron chi connectivity index (χ0n) is 21.2. The average Bonchev–Trinajstić information content (AvgIpc) is 2.93. The molecule has 1 atom stereocenters. The van der Waals surface area contributed by atoms with Gasteiger partial charge in [-0.1, -0.05) is 42.5 Å². The van der Waals surface area contributed by atoms with Gasteiger partial charge in [-0.15, -0.1) is 0 Å². The number of hydrogen-bond acceptors (Lipinski definition) is 4. The van der Waals surface area contributed by atoms with Crippen LogP contribution in [0.15, 0.2) is 95.8 Å². The van der Waals surface area contributed by atoms with Crippen LogP contribution in [-0.4, -0.2) is 33.5 Å². The number of nitrogens with zero attached hydrogens (tertiary/aromatic N) is 3. The predicted molar refractivity (Wildman–Crippen MR) is 148 cm³/mol. The third-order valence-electron chi connectivity index (χ3n) is 6.65. The first-order valence-electron chi connectivity index (χ1n) is 12.6. The van der Waals surface area contributed by atoms with Crippen LogP contribution in [-0.2, 0) is 0 Å². The Hall–Kier alpha value is -4.45. The van der Waals surface area contributed by atoms with Crippen LogP contribution in [0.5, 0.6) is 5.75 Å². The van der Waals surface area contributed by atoms with Gasteiger partial charge in [0.2, 0.25) is 0 Å². The first-order valence-corrected chi connectivity index (χ1v) is 12.6. The van der Waals surface area contributed by atoms with Crippen LogP contribution in [0.2, 0.25) is 0 Å². The van der Waals surface area contributed by atoms with Crippen molar-refractivity contribution in [1.29, 1.82) is 0 Å². The summed E-state index contributed by atoms with van der Waals surface area (Å²) in [6.45, 7) is 6.80. The van der Waals surface area contributed by atoms with Crippen molar-refractivity contribution >= 4 is 27.6 Å². The molecule has 1 amide bonds. The van der Waals surface area contributed by atoms with Gasteiger partial charge in [0.05, 0.1) is 29.2 Å². The molecule has 1 unspecified atom stereocenters. The maximum Gasteiger partial charge on any atom is 0.266 e. The van der Waals surface area contributed by atoms with Gasteiger partial charge < -0.3 is 9.64 Å². The number of ether oxygens (including phenoxy) is 1. The lowest BCUT2D eigenvalue weighted by Crippen LogP contribution is -2.37. The fraction of sp³-hybridized carbons (Fsp3) is 0.194. The smallest absolute Gasteiger partial charge is 0.266 e. The first kappa shape index (κ1) is 24.3. The minimum Gasteiger partial charge on any atom is -0.494 e. The highest BCUT2D eigenvalue weighted by Gasteiger charge is 2.26. The first-order chi connectivity index (χ1) is 18.0. The Morgan fingerprint density at radius 1 is 0.919 bits per heavy atom. The summed E-state index contributed by atoms with van der Waals surface area (Å²) in [6, 6.07) is 27.9. The van der Waals surface area contributed by atoms with Crippen molar-refractivity contribution in [2.45, 2.75) is 26.8 Å². The zero-order chi connectivity index (χ0) is 25.9. The number of carbonyl (C=O) groups excluding carboxylic acids is 1. The third kappa shape index (κ3) is 4.58. The number of amides is 1. The van der Waals surface area contributed by atoms with Crippen molar-refractivity contribution < 1.29 is 9.53 Å². The molecule has 0 aliphatic rings. The molecule has 0 radical (unpaired) electrons. The maximum atomic E-state index is 13.8. The topological polar surface area (TPSA) is 64.4 Å². The molecular formula is C31H29N3O3. The van der Waals surface area contributed by atoms with E-state index in [0.29, 0.717) is 41.1 Å². The summed E-state index contributed by atoms with van der Waals surface area (Å²) in [6.07, 6.45) is 0. The lowest BCUT2D eigenvalue weighted by molar-refractivity contribution is 0.0693. The highest BCUT2D eigenvalue weighted by molar-refractivity contribution is 5.98. The van der Waals surface area contributed by atoms with E-state index >= 15 is 0 Å². The molecule has 6 heteroatoms. The van der Waals surface area contributed by atoms with Crippen LogP contribution in [0.4, 0.5) is 0 Å². The third-order valence-corrected chi connectivity index (χ3v) is 6.65. The summed E-state index contributed by atoms with van der Waals surface area (Å²) in [5.74, 6) is 1.12. The Labute approximate surface area is 215 Å². The van der Waals surface area contributed by atoms with Gasteiger partial charge in [0.15, 0.2) is 0 Å². The summed E-state index contributed by atoms with van der Waals surface area (Å²) in [5.41, 5.74) is 1.70. The second-order valence-electron chi connectivity index (χ2n) is 8.88. The molecule has 4 aromatic carbocycles. The van der Waals surface area contributed by atoms with Gasteiger partial charge >= 0.3 is 0 Å². The van der Waals surface area contributed by atoms with Crippen LogP contribution in [0, 0.1) is 0 Å². The van der Waals surface area contributed by atoms with E-state index in [4.69, 9.17) is 9.72 Å². The Balaban J connectivity index is 1.62. The van der Waals surface area contributed by atoms with Gasteiger partial charge in [-0.05, 0) is 80.1 Å². The monoisotopic (exact) mass is 491 g/mol. The van der Waals surface area contributed by atoms with E-state index in [1.165, 1.54) is 0 Å². The molecule has 0 saturated carbocycles. The molecule has 0 fully saturated rings. The summed E-state index contributed by atoms with van der Waals surface area (Å²) in [5, 5.41) is 2.61. The van der Waals surface area contributed by atoms with E-state index < -0.39 is 6.04 Å². The molecule has 0 saturated heterocycles. The number of para-hydroxylation sites is 1. The van der Waals surface area contributed by atoms with Crippen molar-refractivity contribution in [3.05, 3.63) is 113 Å². The molecule has 1 heterocycles. The lowest BCUT2D eigenvalue weighted by atomic mass is 10.1. The molecule has 1 aromatic heterocycles. The molecular weight excluding hydrogens is 462 g/mol. The van der Waals surface area contributed by atoms with Gasteiger partial charge in [-0.2, -0.15) is 0 Å². The highest BCUT2D eigenvalue weighted by Crippen LogP contribution is 2.26. The van der Waals surface area contributed by atoms with Crippen molar-refractivity contribution in [2.75, 3.05) is 13.2 Å². The number of benzene rings is 4. The zero-order valence-corrected chi connectivity index (χ0v) is 21.2. The van der Waals surface area contributed by atoms with E-state index in [1.54, 1.807) is 15.5 Å². The van der Waals surface area contributed by atoms with E-state index in [2.05, 4.69) is 0 Å². The lowest BCUT2D eigenvalue weighted by Gasteiger charge is -2.29. The fourth-order valence-electron chi connectivity index (χ4n) is 4.76. The standard InChI is InChI=1S/C31H29N3O3/c1-4-33(30(35)24-15-14-22-10-6-7-11-23(22)20-24)21(3)29-32-28-13-9-8-12-27(28)31(36)34(29)25-16-18-26(19-17-25)37-5-2/h6-21H,4-5H2,1-3H3. The number of hydrogen-bond donors (Lipinski definition) is 0. The Morgan fingerprint density at radius 2 is 1.62 bits per heavy atom. The van der Waals surface area contributed by atoms with Crippen LogP contribution >= 0.6 is 0 Å². The van der Waals surface area contributed by atoms with Gasteiger partial charge in [-0.25, -0.2) is 4.98 Å². The van der Waals surface area contributed by atoms with Crippen LogP contribution in [0.25, 0.3) is 27.4 Å². The largest absolute Gasteiger partial charge is 0.494 e. The van der Waals surface area contributed by atoms with E-state index in [0.717, 1.165) is 16.5 Å². The Bertz CT molecular complexity index is 1640. The minimum atomic E-state index is -0.465. The molecule has 0 bridgehead atoms. The number of rotatable bonds is 7. The second-order valence-corrected chi connectivity index (χ2v) is 8.88. The number of carbonyl (C=O) groups is 1. The van der Waals surface area contributed by atoms with Crippen molar-refractivity contribution in [3.63, 3.8) is 0 Å². The summed E-state index contributed by atoms with van der Waals surface area (Å²) >= 11 is 0. The van der Waals surface area contributed by atoms with Gasteiger partial charge in [0.1, 0.15) is 11.6 Å². The van der Waals surface area contributed by atoms with Gasteiger partial charge in [0.25, 0.3) is 11.5 Å². The molecule has 37 heavy (non-hydrogen) atoms. The quantitative estimate of drug-likeness (QED) is 0.273. The van der Waals surface area contributed by atoms with Crippen LogP contribution in [0.1, 0.15) is 43.0 Å². The summed E-state index contributed by atoms with van der Waals surface area (Å²) < 4.78 is 7.20. The molecule has 0 N–H and O–H groups in total. The van der Waals surface area contributed by atoms with E-state index in [-0.39, 0.29) is 11.5 Å². The van der Waals surface area contributed by atoms with Gasteiger partial charge in [0, 0.05) is 12.1 Å². The Kier molecular flexibility index (Phi) is 6.73. The molecule has 186 valence electrons. The fourth-order valence-corrected chi connectivity index (χ4v) is 4.76. The van der Waals surface area contributed by atoms with Crippen molar-refractivity contribution in [2.24, 2.45) is 0 Å². The maximum absolute atomic E-state index is 13.8. The van der Waals surface area contributed by atoms with E-state index in [1.807, 2.05) is 106 Å². The average molecular weight is 492 g/mol. The summed E-state index contributed by atoms with van der Waals surface area (Å²) in [4.78, 5) is 34.2.